The lowest BCUT2D eigenvalue weighted by Crippen LogP contribution is -2.49. The summed E-state index contributed by atoms with van der Waals surface area (Å²) in [4.78, 5) is 22.5. The molecule has 1 unspecified atom stereocenters. The molecule has 5 heteroatoms. The lowest BCUT2D eigenvalue weighted by atomic mass is 10.0. The van der Waals surface area contributed by atoms with Gasteiger partial charge in [0.1, 0.15) is 5.41 Å². The summed E-state index contributed by atoms with van der Waals surface area (Å²) in [6.07, 6.45) is 2.44. The maximum atomic E-state index is 11.7. The van der Waals surface area contributed by atoms with E-state index in [0.29, 0.717) is 32.2 Å². The predicted octanol–water partition coefficient (Wildman–Crippen LogP) is -0.315. The molecule has 0 aromatic carbocycles. The second-order valence-corrected chi connectivity index (χ2v) is 4.21. The van der Waals surface area contributed by atoms with Crippen LogP contribution in [0.1, 0.15) is 25.7 Å². The van der Waals surface area contributed by atoms with Crippen LogP contribution < -0.4 is 10.6 Å². The number of amides is 2. The van der Waals surface area contributed by atoms with Crippen molar-refractivity contribution in [3.05, 3.63) is 0 Å². The van der Waals surface area contributed by atoms with Gasteiger partial charge in [-0.25, -0.2) is 0 Å². The lowest BCUT2D eigenvalue weighted by molar-refractivity contribution is -0.127. The lowest BCUT2D eigenvalue weighted by Gasteiger charge is -2.24. The van der Waals surface area contributed by atoms with Crippen LogP contribution in [0.25, 0.3) is 0 Å². The molecule has 1 saturated heterocycles. The van der Waals surface area contributed by atoms with Crippen molar-refractivity contribution in [1.82, 2.24) is 10.6 Å². The first kappa shape index (κ1) is 9.97. The van der Waals surface area contributed by atoms with Gasteiger partial charge in [0.2, 0.25) is 11.8 Å². The maximum Gasteiger partial charge on any atom is 0.240 e. The number of piperidine rings is 1. The van der Waals surface area contributed by atoms with Crippen LogP contribution >= 0.6 is 0 Å². The Balaban J connectivity index is 1.85. The van der Waals surface area contributed by atoms with Gasteiger partial charge >= 0.3 is 0 Å². The Hall–Kier alpha value is -1.57. The normalized spacial score (nSPS) is 27.4. The minimum Gasteiger partial charge on any atom is -0.354 e. The van der Waals surface area contributed by atoms with E-state index in [9.17, 15) is 9.59 Å². The SMILES string of the molecule is N#CC1(C(=O)NC2CCC(=O)NC2)CC1. The van der Waals surface area contributed by atoms with Gasteiger partial charge in [-0.1, -0.05) is 0 Å². The summed E-state index contributed by atoms with van der Waals surface area (Å²) in [5.41, 5.74) is -0.762. The second kappa shape index (κ2) is 3.54. The molecular formula is C10H13N3O2. The molecule has 0 aromatic rings. The molecule has 2 aliphatic rings. The summed E-state index contributed by atoms with van der Waals surface area (Å²) in [5.74, 6) is -0.145. The first-order valence-electron chi connectivity index (χ1n) is 5.15. The van der Waals surface area contributed by atoms with Crippen molar-refractivity contribution in [3.8, 4) is 6.07 Å². The maximum absolute atomic E-state index is 11.7. The third kappa shape index (κ3) is 1.94. The van der Waals surface area contributed by atoms with Gasteiger partial charge in [-0.05, 0) is 19.3 Å². The Morgan fingerprint density at radius 1 is 1.60 bits per heavy atom. The molecule has 0 spiro atoms. The van der Waals surface area contributed by atoms with Crippen molar-refractivity contribution in [3.63, 3.8) is 0 Å². The van der Waals surface area contributed by atoms with Gasteiger partial charge in [-0.2, -0.15) is 5.26 Å². The van der Waals surface area contributed by atoms with E-state index in [1.807, 2.05) is 0 Å². The number of nitrogens with zero attached hydrogens (tertiary/aromatic N) is 1. The van der Waals surface area contributed by atoms with Crippen LogP contribution in [0.4, 0.5) is 0 Å². The zero-order valence-electron chi connectivity index (χ0n) is 8.38. The van der Waals surface area contributed by atoms with Gasteiger partial charge in [-0.15, -0.1) is 0 Å². The minimum absolute atomic E-state index is 0.0129. The molecule has 0 aromatic heterocycles. The van der Waals surface area contributed by atoms with Crippen molar-refractivity contribution in [1.29, 1.82) is 5.26 Å². The molecule has 1 aliphatic carbocycles. The molecule has 1 saturated carbocycles. The van der Waals surface area contributed by atoms with Gasteiger partial charge in [0.05, 0.1) is 6.07 Å². The summed E-state index contributed by atoms with van der Waals surface area (Å²) in [6.45, 7) is 0.478. The second-order valence-electron chi connectivity index (χ2n) is 4.21. The van der Waals surface area contributed by atoms with Crippen molar-refractivity contribution in [2.75, 3.05) is 6.54 Å². The van der Waals surface area contributed by atoms with Crippen LogP contribution in [0, 0.1) is 16.7 Å². The van der Waals surface area contributed by atoms with Crippen LogP contribution in [0.2, 0.25) is 0 Å². The zero-order valence-corrected chi connectivity index (χ0v) is 8.38. The molecule has 1 heterocycles. The number of hydrogen-bond donors (Lipinski definition) is 2. The number of hydrogen-bond acceptors (Lipinski definition) is 3. The highest BCUT2D eigenvalue weighted by Gasteiger charge is 2.51. The van der Waals surface area contributed by atoms with E-state index >= 15 is 0 Å². The van der Waals surface area contributed by atoms with Gasteiger partial charge in [0.15, 0.2) is 0 Å². The van der Waals surface area contributed by atoms with E-state index in [4.69, 9.17) is 5.26 Å². The third-order valence-corrected chi connectivity index (χ3v) is 3.00. The first-order chi connectivity index (χ1) is 7.16. The summed E-state index contributed by atoms with van der Waals surface area (Å²) < 4.78 is 0. The number of carbonyl (C=O) groups excluding carboxylic acids is 2. The molecule has 2 N–H and O–H groups in total. The minimum atomic E-state index is -0.762. The Morgan fingerprint density at radius 2 is 2.33 bits per heavy atom. The van der Waals surface area contributed by atoms with Crippen molar-refractivity contribution < 1.29 is 9.59 Å². The highest BCUT2D eigenvalue weighted by atomic mass is 16.2. The molecule has 0 bridgehead atoms. The summed E-state index contributed by atoms with van der Waals surface area (Å²) in [6, 6.07) is 2.04. The average molecular weight is 207 g/mol. The van der Waals surface area contributed by atoms with Crippen molar-refractivity contribution >= 4 is 11.8 Å². The molecule has 80 valence electrons. The third-order valence-electron chi connectivity index (χ3n) is 3.00. The first-order valence-corrected chi connectivity index (χ1v) is 5.15. The Bertz CT molecular complexity index is 331. The Labute approximate surface area is 87.8 Å². The highest BCUT2D eigenvalue weighted by molar-refractivity contribution is 5.88. The van der Waals surface area contributed by atoms with Crippen LogP contribution in [-0.4, -0.2) is 24.4 Å². The standard InChI is InChI=1S/C10H13N3O2/c11-6-10(3-4-10)9(15)13-7-1-2-8(14)12-5-7/h7H,1-5H2,(H,12,14)(H,13,15). The fraction of sp³-hybridized carbons (Fsp3) is 0.700. The Kier molecular flexibility index (Phi) is 2.35. The fourth-order valence-electron chi connectivity index (χ4n) is 1.69. The molecule has 2 fully saturated rings. The molecule has 1 aliphatic heterocycles. The van der Waals surface area contributed by atoms with Crippen LogP contribution in [-0.2, 0) is 9.59 Å². The number of rotatable bonds is 2. The summed E-state index contributed by atoms with van der Waals surface area (Å²) >= 11 is 0. The molecular weight excluding hydrogens is 194 g/mol. The Morgan fingerprint density at radius 3 is 2.80 bits per heavy atom. The van der Waals surface area contributed by atoms with E-state index in [1.54, 1.807) is 0 Å². The molecule has 2 rings (SSSR count). The van der Waals surface area contributed by atoms with Gasteiger partial charge in [-0.3, -0.25) is 9.59 Å². The smallest absolute Gasteiger partial charge is 0.240 e. The zero-order chi connectivity index (χ0) is 10.9. The van der Waals surface area contributed by atoms with Crippen LogP contribution in [0.5, 0.6) is 0 Å². The van der Waals surface area contributed by atoms with E-state index in [1.165, 1.54) is 0 Å². The number of carbonyl (C=O) groups is 2. The summed E-state index contributed by atoms with van der Waals surface area (Å²) in [5, 5.41) is 14.3. The van der Waals surface area contributed by atoms with Crippen molar-refractivity contribution in [2.45, 2.75) is 31.7 Å². The molecule has 2 amide bonds. The van der Waals surface area contributed by atoms with Gasteiger partial charge < -0.3 is 10.6 Å². The van der Waals surface area contributed by atoms with E-state index < -0.39 is 5.41 Å². The molecule has 0 radical (unpaired) electrons. The summed E-state index contributed by atoms with van der Waals surface area (Å²) in [7, 11) is 0. The highest BCUT2D eigenvalue weighted by Crippen LogP contribution is 2.45. The van der Waals surface area contributed by atoms with E-state index in [0.717, 1.165) is 0 Å². The number of nitrogens with one attached hydrogen (secondary N) is 2. The van der Waals surface area contributed by atoms with Crippen LogP contribution in [0.3, 0.4) is 0 Å². The predicted molar refractivity (Wildman–Crippen MR) is 51.5 cm³/mol. The van der Waals surface area contributed by atoms with Crippen LogP contribution in [0.15, 0.2) is 0 Å². The van der Waals surface area contributed by atoms with Crippen molar-refractivity contribution in [2.24, 2.45) is 5.41 Å². The monoisotopic (exact) mass is 207 g/mol. The number of nitriles is 1. The largest absolute Gasteiger partial charge is 0.354 e. The fourth-order valence-corrected chi connectivity index (χ4v) is 1.69. The van der Waals surface area contributed by atoms with Gasteiger partial charge in [0, 0.05) is 19.0 Å². The molecule has 15 heavy (non-hydrogen) atoms. The molecule has 1 atom stereocenters. The van der Waals surface area contributed by atoms with E-state index in [-0.39, 0.29) is 17.9 Å². The topological polar surface area (TPSA) is 82.0 Å². The van der Waals surface area contributed by atoms with Gasteiger partial charge in [0.25, 0.3) is 0 Å². The molecule has 5 nitrogen and oxygen atoms in total. The quantitative estimate of drug-likeness (QED) is 0.651. The average Bonchev–Trinajstić information content (AvgIpc) is 3.02. The van der Waals surface area contributed by atoms with E-state index in [2.05, 4.69) is 16.7 Å².